The third-order valence-corrected chi connectivity index (χ3v) is 2.77. The quantitative estimate of drug-likeness (QED) is 0.920. The van der Waals surface area contributed by atoms with Crippen LogP contribution in [0.3, 0.4) is 0 Å². The largest absolute Gasteiger partial charge is 0.321 e. The number of carbonyl (C=O) groups excluding carboxylic acids is 1. The lowest BCUT2D eigenvalue weighted by atomic mass is 10.2. The van der Waals surface area contributed by atoms with Crippen molar-refractivity contribution >= 4 is 11.6 Å². The molecule has 0 bridgehead atoms. The molecule has 1 amide bonds. The van der Waals surface area contributed by atoms with Crippen LogP contribution < -0.4 is 5.32 Å². The summed E-state index contributed by atoms with van der Waals surface area (Å²) >= 11 is 0. The minimum atomic E-state index is -0.330. The van der Waals surface area contributed by atoms with Gasteiger partial charge in [-0.05, 0) is 36.8 Å². The molecule has 2 rings (SSSR count). The summed E-state index contributed by atoms with van der Waals surface area (Å²) in [4.78, 5) is 12.1. The molecule has 0 spiro atoms. The smallest absolute Gasteiger partial charge is 0.273 e. The highest BCUT2D eigenvalue weighted by atomic mass is 19.1. The summed E-state index contributed by atoms with van der Waals surface area (Å²) in [5.74, 6) is -0.576. The Morgan fingerprint density at radius 2 is 2.05 bits per heavy atom. The van der Waals surface area contributed by atoms with Crippen molar-refractivity contribution < 1.29 is 9.18 Å². The predicted octanol–water partition coefficient (Wildman–Crippen LogP) is 2.76. The number of nitrogens with zero attached hydrogens (tertiary/aromatic N) is 2. The normalized spacial score (nSPS) is 10.5. The number of hydrogen-bond donors (Lipinski definition) is 1. The maximum atomic E-state index is 12.8. The molecule has 0 atom stereocenters. The van der Waals surface area contributed by atoms with Gasteiger partial charge in [0.05, 0.1) is 5.69 Å². The van der Waals surface area contributed by atoms with E-state index in [0.717, 1.165) is 18.5 Å². The molecule has 0 saturated heterocycles. The molecule has 0 fully saturated rings. The van der Waals surface area contributed by atoms with E-state index < -0.39 is 0 Å². The number of nitrogens with one attached hydrogen (secondary N) is 1. The van der Waals surface area contributed by atoms with Gasteiger partial charge in [0, 0.05) is 12.7 Å². The first kappa shape index (κ1) is 13.3. The van der Waals surface area contributed by atoms with Crippen molar-refractivity contribution in [2.75, 3.05) is 5.32 Å². The Kier molecular flexibility index (Phi) is 3.94. The highest BCUT2D eigenvalue weighted by Gasteiger charge is 2.13. The number of aryl methyl sites for hydroxylation is 2. The Morgan fingerprint density at radius 3 is 2.68 bits per heavy atom. The van der Waals surface area contributed by atoms with Crippen LogP contribution in [0.4, 0.5) is 10.1 Å². The second kappa shape index (κ2) is 5.65. The van der Waals surface area contributed by atoms with Gasteiger partial charge >= 0.3 is 0 Å². The molecule has 1 N–H and O–H groups in total. The van der Waals surface area contributed by atoms with E-state index in [1.54, 1.807) is 17.8 Å². The first-order valence-corrected chi connectivity index (χ1v) is 6.20. The molecule has 0 saturated carbocycles. The number of benzene rings is 1. The lowest BCUT2D eigenvalue weighted by molar-refractivity contribution is 0.101. The summed E-state index contributed by atoms with van der Waals surface area (Å²) in [5, 5.41) is 6.99. The summed E-state index contributed by atoms with van der Waals surface area (Å²) in [6.07, 6.45) is 1.83. The van der Waals surface area contributed by atoms with Crippen LogP contribution >= 0.6 is 0 Å². The van der Waals surface area contributed by atoms with Crippen LogP contribution in [0, 0.1) is 5.82 Å². The SMILES string of the molecule is CCCc1cc(C(=O)Nc2ccc(F)cc2)n(C)n1. The van der Waals surface area contributed by atoms with Crippen molar-refractivity contribution in [1.82, 2.24) is 9.78 Å². The Hall–Kier alpha value is -2.17. The van der Waals surface area contributed by atoms with Crippen molar-refractivity contribution in [3.05, 3.63) is 47.5 Å². The second-order valence-corrected chi connectivity index (χ2v) is 4.36. The number of halogens is 1. The van der Waals surface area contributed by atoms with E-state index in [0.29, 0.717) is 11.4 Å². The minimum Gasteiger partial charge on any atom is -0.321 e. The van der Waals surface area contributed by atoms with Gasteiger partial charge in [0.15, 0.2) is 0 Å². The van der Waals surface area contributed by atoms with Crippen LogP contribution in [-0.2, 0) is 13.5 Å². The zero-order chi connectivity index (χ0) is 13.8. The van der Waals surface area contributed by atoms with Crippen molar-refractivity contribution in [3.63, 3.8) is 0 Å². The number of amides is 1. The summed E-state index contributed by atoms with van der Waals surface area (Å²) in [7, 11) is 1.73. The number of carbonyl (C=O) groups is 1. The fourth-order valence-corrected chi connectivity index (χ4v) is 1.85. The van der Waals surface area contributed by atoms with Crippen LogP contribution in [0.25, 0.3) is 0 Å². The third-order valence-electron chi connectivity index (χ3n) is 2.77. The standard InChI is InChI=1S/C14H16FN3O/c1-3-4-12-9-13(18(2)17-12)14(19)16-11-7-5-10(15)6-8-11/h5-9H,3-4H2,1-2H3,(H,16,19). The van der Waals surface area contributed by atoms with E-state index in [2.05, 4.69) is 17.3 Å². The maximum Gasteiger partial charge on any atom is 0.273 e. The minimum absolute atomic E-state index is 0.246. The van der Waals surface area contributed by atoms with E-state index in [1.165, 1.54) is 24.3 Å². The van der Waals surface area contributed by atoms with E-state index >= 15 is 0 Å². The van der Waals surface area contributed by atoms with Crippen LogP contribution in [0.5, 0.6) is 0 Å². The second-order valence-electron chi connectivity index (χ2n) is 4.36. The molecule has 100 valence electrons. The molecule has 0 aliphatic carbocycles. The lowest BCUT2D eigenvalue weighted by Crippen LogP contribution is -2.15. The molecule has 1 aromatic heterocycles. The molecule has 19 heavy (non-hydrogen) atoms. The summed E-state index contributed by atoms with van der Waals surface area (Å²) in [6, 6.07) is 7.44. The van der Waals surface area contributed by atoms with Crippen molar-refractivity contribution in [2.45, 2.75) is 19.8 Å². The summed E-state index contributed by atoms with van der Waals surface area (Å²) < 4.78 is 14.3. The zero-order valence-electron chi connectivity index (χ0n) is 11.0. The van der Waals surface area contributed by atoms with Gasteiger partial charge in [0.25, 0.3) is 5.91 Å². The van der Waals surface area contributed by atoms with Crippen molar-refractivity contribution in [2.24, 2.45) is 7.05 Å². The average Bonchev–Trinajstić information content (AvgIpc) is 2.74. The first-order chi connectivity index (χ1) is 9.10. The zero-order valence-corrected chi connectivity index (χ0v) is 11.0. The summed E-state index contributed by atoms with van der Waals surface area (Å²) in [5.41, 5.74) is 1.95. The third kappa shape index (κ3) is 3.19. The van der Waals surface area contributed by atoms with Gasteiger partial charge in [-0.2, -0.15) is 5.10 Å². The van der Waals surface area contributed by atoms with Gasteiger partial charge < -0.3 is 5.32 Å². The van der Waals surface area contributed by atoms with Gasteiger partial charge in [-0.25, -0.2) is 4.39 Å². The number of rotatable bonds is 4. The van der Waals surface area contributed by atoms with E-state index in [9.17, 15) is 9.18 Å². The van der Waals surface area contributed by atoms with Gasteiger partial charge in [-0.15, -0.1) is 0 Å². The predicted molar refractivity (Wildman–Crippen MR) is 71.6 cm³/mol. The average molecular weight is 261 g/mol. The topological polar surface area (TPSA) is 46.9 Å². The Balaban J connectivity index is 2.13. The molecule has 0 unspecified atom stereocenters. The van der Waals surface area contributed by atoms with Crippen LogP contribution in [-0.4, -0.2) is 15.7 Å². The number of anilines is 1. The molecule has 5 heteroatoms. The fourth-order valence-electron chi connectivity index (χ4n) is 1.85. The first-order valence-electron chi connectivity index (χ1n) is 6.20. The van der Waals surface area contributed by atoms with E-state index in [-0.39, 0.29) is 11.7 Å². The Bertz CT molecular complexity index is 575. The van der Waals surface area contributed by atoms with Crippen molar-refractivity contribution in [1.29, 1.82) is 0 Å². The lowest BCUT2D eigenvalue weighted by Gasteiger charge is -2.04. The Morgan fingerprint density at radius 1 is 1.37 bits per heavy atom. The van der Waals surface area contributed by atoms with Crippen molar-refractivity contribution in [3.8, 4) is 0 Å². The highest BCUT2D eigenvalue weighted by Crippen LogP contribution is 2.11. The van der Waals surface area contributed by atoms with Gasteiger partial charge in [-0.3, -0.25) is 9.48 Å². The molecule has 0 aliphatic rings. The van der Waals surface area contributed by atoms with E-state index in [1.807, 2.05) is 0 Å². The van der Waals surface area contributed by atoms with Crippen LogP contribution in [0.15, 0.2) is 30.3 Å². The summed E-state index contributed by atoms with van der Waals surface area (Å²) in [6.45, 7) is 2.06. The highest BCUT2D eigenvalue weighted by molar-refractivity contribution is 6.03. The monoisotopic (exact) mass is 261 g/mol. The van der Waals surface area contributed by atoms with Crippen LogP contribution in [0.1, 0.15) is 29.5 Å². The molecule has 4 nitrogen and oxygen atoms in total. The molecular formula is C14H16FN3O. The van der Waals surface area contributed by atoms with Gasteiger partial charge in [0.1, 0.15) is 11.5 Å². The van der Waals surface area contributed by atoms with Gasteiger partial charge in [0.2, 0.25) is 0 Å². The number of hydrogen-bond acceptors (Lipinski definition) is 2. The van der Waals surface area contributed by atoms with E-state index in [4.69, 9.17) is 0 Å². The fraction of sp³-hybridized carbons (Fsp3) is 0.286. The molecule has 1 aromatic carbocycles. The van der Waals surface area contributed by atoms with Gasteiger partial charge in [-0.1, -0.05) is 13.3 Å². The molecule has 0 aliphatic heterocycles. The molecule has 1 heterocycles. The molecular weight excluding hydrogens is 245 g/mol. The maximum absolute atomic E-state index is 12.8. The van der Waals surface area contributed by atoms with Crippen LogP contribution in [0.2, 0.25) is 0 Å². The molecule has 2 aromatic rings. The molecule has 0 radical (unpaired) electrons. The number of aromatic nitrogens is 2. The Labute approximate surface area is 111 Å².